The Kier molecular flexibility index (Phi) is 5.08. The number of nitrogens with two attached hydrogens (primary N) is 1. The molecule has 4 N–H and O–H groups in total. The van der Waals surface area contributed by atoms with Gasteiger partial charge in [0.1, 0.15) is 17.8 Å². The number of primary amides is 1. The van der Waals surface area contributed by atoms with Crippen molar-refractivity contribution in [2.75, 3.05) is 12.4 Å². The number of hydrogen-bond donors (Lipinski definition) is 3. The highest BCUT2D eigenvalue weighted by molar-refractivity contribution is 6.00. The van der Waals surface area contributed by atoms with Crippen LogP contribution >= 0.6 is 0 Å². The van der Waals surface area contributed by atoms with Crippen LogP contribution in [0.2, 0.25) is 0 Å². The number of hydrogen-bond acceptors (Lipinski definition) is 4. The van der Waals surface area contributed by atoms with Crippen LogP contribution in [0.3, 0.4) is 0 Å². The number of rotatable bonds is 5. The lowest BCUT2D eigenvalue weighted by molar-refractivity contribution is -0.137. The minimum atomic E-state index is -4.50. The lowest BCUT2D eigenvalue weighted by atomic mass is 9.95. The van der Waals surface area contributed by atoms with Crippen LogP contribution in [0.15, 0.2) is 36.7 Å². The Morgan fingerprint density at radius 3 is 2.54 bits per heavy atom. The molecule has 28 heavy (non-hydrogen) atoms. The van der Waals surface area contributed by atoms with Gasteiger partial charge in [-0.25, -0.2) is 9.97 Å². The largest absolute Gasteiger partial charge is 0.416 e. The molecule has 0 saturated heterocycles. The summed E-state index contributed by atoms with van der Waals surface area (Å²) in [5.74, 6) is -0.223. The first-order chi connectivity index (χ1) is 13.2. The zero-order chi connectivity index (χ0) is 20.5. The van der Waals surface area contributed by atoms with Crippen LogP contribution < -0.4 is 11.1 Å². The number of nitrogens with one attached hydrogen (secondary N) is 2. The highest BCUT2D eigenvalue weighted by Crippen LogP contribution is 2.37. The maximum atomic E-state index is 13.2. The van der Waals surface area contributed by atoms with Crippen LogP contribution in [-0.4, -0.2) is 27.9 Å². The summed E-state index contributed by atoms with van der Waals surface area (Å²) >= 11 is 0. The zero-order valence-corrected chi connectivity index (χ0v) is 15.2. The average molecular weight is 389 g/mol. The molecule has 0 aliphatic rings. The van der Waals surface area contributed by atoms with E-state index < -0.39 is 17.6 Å². The molecule has 1 aromatic carbocycles. The van der Waals surface area contributed by atoms with Crippen molar-refractivity contribution in [3.8, 4) is 22.5 Å². The molecule has 6 nitrogen and oxygen atoms in total. The van der Waals surface area contributed by atoms with E-state index in [4.69, 9.17) is 5.73 Å². The fourth-order valence-electron chi connectivity index (χ4n) is 2.95. The van der Waals surface area contributed by atoms with Crippen molar-refractivity contribution >= 4 is 11.7 Å². The summed E-state index contributed by atoms with van der Waals surface area (Å²) in [5.41, 5.74) is 6.89. The van der Waals surface area contributed by atoms with Crippen molar-refractivity contribution in [2.45, 2.75) is 19.5 Å². The van der Waals surface area contributed by atoms with Crippen LogP contribution in [0.25, 0.3) is 22.5 Å². The molecule has 0 aliphatic heterocycles. The summed E-state index contributed by atoms with van der Waals surface area (Å²) in [6.45, 7) is 1.83. The van der Waals surface area contributed by atoms with Crippen molar-refractivity contribution in [1.82, 2.24) is 15.0 Å². The number of aromatic amines is 1. The van der Waals surface area contributed by atoms with Gasteiger partial charge in [-0.15, -0.1) is 0 Å². The Bertz CT molecular complexity index is 1030. The molecule has 9 heteroatoms. The van der Waals surface area contributed by atoms with E-state index in [1.807, 2.05) is 6.92 Å². The molecule has 146 valence electrons. The minimum absolute atomic E-state index is 0.0219. The fraction of sp³-hybridized carbons (Fsp3) is 0.211. The van der Waals surface area contributed by atoms with Crippen LogP contribution in [0.1, 0.15) is 28.5 Å². The Hall–Kier alpha value is -3.36. The standard InChI is InChI=1S/C19H18F3N5O/c1-3-10-4-5-11(19(20,21)22)6-12(10)13-7-15(27-17(13)18(23)28)14-8-16(24-2)26-9-25-14/h4-9,27H,3H2,1-2H3,(H2,23,28)(H,24,25,26). The quantitative estimate of drug-likeness (QED) is 0.617. The molecule has 0 atom stereocenters. The van der Waals surface area contributed by atoms with Gasteiger partial charge in [-0.05, 0) is 35.7 Å². The minimum Gasteiger partial charge on any atom is -0.373 e. The average Bonchev–Trinajstić information content (AvgIpc) is 3.12. The number of alkyl halides is 3. The van der Waals surface area contributed by atoms with E-state index in [9.17, 15) is 18.0 Å². The second-order valence-electron chi connectivity index (χ2n) is 6.10. The van der Waals surface area contributed by atoms with Crippen molar-refractivity contribution in [2.24, 2.45) is 5.73 Å². The van der Waals surface area contributed by atoms with Crippen LogP contribution in [0.4, 0.5) is 19.0 Å². The number of aryl methyl sites for hydroxylation is 1. The third kappa shape index (κ3) is 3.68. The number of aromatic nitrogens is 3. The van der Waals surface area contributed by atoms with Gasteiger partial charge in [-0.1, -0.05) is 13.0 Å². The predicted octanol–water partition coefficient (Wildman–Crippen LogP) is 3.86. The van der Waals surface area contributed by atoms with Gasteiger partial charge in [0.05, 0.1) is 17.0 Å². The molecule has 2 heterocycles. The normalized spacial score (nSPS) is 11.5. The predicted molar refractivity (Wildman–Crippen MR) is 99.7 cm³/mol. The SMILES string of the molecule is CCc1ccc(C(F)(F)F)cc1-c1cc(-c2cc(NC)ncn2)[nH]c1C(N)=O. The molecule has 0 bridgehead atoms. The van der Waals surface area contributed by atoms with Crippen molar-refractivity contribution in [1.29, 1.82) is 0 Å². The van der Waals surface area contributed by atoms with Gasteiger partial charge in [-0.2, -0.15) is 13.2 Å². The van der Waals surface area contributed by atoms with E-state index in [0.717, 1.165) is 12.1 Å². The molecule has 0 aliphatic carbocycles. The zero-order valence-electron chi connectivity index (χ0n) is 15.2. The van der Waals surface area contributed by atoms with Gasteiger partial charge in [0, 0.05) is 18.7 Å². The number of anilines is 1. The molecule has 2 aromatic heterocycles. The lowest BCUT2D eigenvalue weighted by Gasteiger charge is -2.13. The number of benzene rings is 1. The summed E-state index contributed by atoms with van der Waals surface area (Å²) < 4.78 is 39.6. The second kappa shape index (κ2) is 7.34. The third-order valence-corrected chi connectivity index (χ3v) is 4.37. The van der Waals surface area contributed by atoms with Crippen LogP contribution in [-0.2, 0) is 12.6 Å². The van der Waals surface area contributed by atoms with E-state index >= 15 is 0 Å². The molecule has 0 saturated carbocycles. The van der Waals surface area contributed by atoms with Crippen molar-refractivity contribution in [3.63, 3.8) is 0 Å². The summed E-state index contributed by atoms with van der Waals surface area (Å²) in [4.78, 5) is 23.0. The maximum Gasteiger partial charge on any atom is 0.416 e. The first kappa shape index (κ1) is 19.4. The Balaban J connectivity index is 2.21. The third-order valence-electron chi connectivity index (χ3n) is 4.37. The Morgan fingerprint density at radius 1 is 1.18 bits per heavy atom. The van der Waals surface area contributed by atoms with Crippen molar-refractivity contribution in [3.05, 3.63) is 53.5 Å². The van der Waals surface area contributed by atoms with Gasteiger partial charge in [0.15, 0.2) is 0 Å². The van der Waals surface area contributed by atoms with Gasteiger partial charge in [0.2, 0.25) is 0 Å². The lowest BCUT2D eigenvalue weighted by Crippen LogP contribution is -2.13. The summed E-state index contributed by atoms with van der Waals surface area (Å²) in [5, 5.41) is 2.87. The molecule has 0 unspecified atom stereocenters. The molecule has 3 aromatic rings. The van der Waals surface area contributed by atoms with E-state index in [1.54, 1.807) is 19.2 Å². The summed E-state index contributed by atoms with van der Waals surface area (Å²) in [6, 6.07) is 6.71. The number of nitrogens with zero attached hydrogens (tertiary/aromatic N) is 2. The van der Waals surface area contributed by atoms with Crippen molar-refractivity contribution < 1.29 is 18.0 Å². The van der Waals surface area contributed by atoms with Crippen LogP contribution in [0.5, 0.6) is 0 Å². The monoisotopic (exact) mass is 389 g/mol. The fourth-order valence-corrected chi connectivity index (χ4v) is 2.95. The Labute approximate surface area is 159 Å². The number of amides is 1. The molecule has 0 fully saturated rings. The number of halogens is 3. The van der Waals surface area contributed by atoms with Crippen LogP contribution in [0, 0.1) is 0 Å². The topological polar surface area (TPSA) is 96.7 Å². The smallest absolute Gasteiger partial charge is 0.373 e. The molecule has 0 radical (unpaired) electrons. The maximum absolute atomic E-state index is 13.2. The van der Waals surface area contributed by atoms with Gasteiger partial charge < -0.3 is 16.0 Å². The summed E-state index contributed by atoms with van der Waals surface area (Å²) in [6.07, 6.45) is -2.67. The molecule has 3 rings (SSSR count). The van der Waals surface area contributed by atoms with E-state index in [2.05, 4.69) is 20.3 Å². The molecule has 0 spiro atoms. The van der Waals surface area contributed by atoms with Gasteiger partial charge >= 0.3 is 6.18 Å². The first-order valence-corrected chi connectivity index (χ1v) is 8.48. The molecular formula is C19H18F3N5O. The van der Waals surface area contributed by atoms with E-state index in [1.165, 1.54) is 12.4 Å². The number of carbonyl (C=O) groups is 1. The molecule has 1 amide bonds. The van der Waals surface area contributed by atoms with Gasteiger partial charge in [0.25, 0.3) is 5.91 Å². The molecular weight excluding hydrogens is 371 g/mol. The van der Waals surface area contributed by atoms with Gasteiger partial charge in [-0.3, -0.25) is 4.79 Å². The first-order valence-electron chi connectivity index (χ1n) is 8.48. The highest BCUT2D eigenvalue weighted by Gasteiger charge is 2.31. The second-order valence-corrected chi connectivity index (χ2v) is 6.10. The number of carbonyl (C=O) groups excluding carboxylic acids is 1. The highest BCUT2D eigenvalue weighted by atomic mass is 19.4. The van der Waals surface area contributed by atoms with E-state index in [0.29, 0.717) is 40.3 Å². The van der Waals surface area contributed by atoms with E-state index in [-0.39, 0.29) is 5.69 Å². The summed E-state index contributed by atoms with van der Waals surface area (Å²) in [7, 11) is 1.69. The number of H-pyrrole nitrogens is 1. The Morgan fingerprint density at radius 2 is 1.93 bits per heavy atom.